The lowest BCUT2D eigenvalue weighted by Crippen LogP contribution is -2.32. The van der Waals surface area contributed by atoms with Crippen molar-refractivity contribution in [1.29, 1.82) is 0 Å². The molecule has 0 saturated heterocycles. The van der Waals surface area contributed by atoms with Crippen LogP contribution in [0.5, 0.6) is 0 Å². The van der Waals surface area contributed by atoms with Gasteiger partial charge in [0.05, 0.1) is 0 Å². The van der Waals surface area contributed by atoms with E-state index in [4.69, 9.17) is 23.7 Å². The van der Waals surface area contributed by atoms with Gasteiger partial charge in [-0.1, -0.05) is 20.4 Å². The molecule has 0 aliphatic heterocycles. The third-order valence-electron chi connectivity index (χ3n) is 3.14. The number of hydrogen-bond acceptors (Lipinski definition) is 8. The Morgan fingerprint density at radius 2 is 1.32 bits per heavy atom. The van der Waals surface area contributed by atoms with Gasteiger partial charge in [-0.05, 0) is 33.6 Å². The molecule has 0 saturated carbocycles. The maximum Gasteiger partial charge on any atom is 0.509 e. The summed E-state index contributed by atoms with van der Waals surface area (Å²) in [4.78, 5) is 34.7. The van der Waals surface area contributed by atoms with Gasteiger partial charge in [-0.3, -0.25) is 0 Å². The zero-order valence-corrected chi connectivity index (χ0v) is 15.5. The summed E-state index contributed by atoms with van der Waals surface area (Å²) >= 11 is 0. The maximum atomic E-state index is 11.7. The van der Waals surface area contributed by atoms with Crippen LogP contribution in [0.2, 0.25) is 0 Å². The zero-order chi connectivity index (χ0) is 19.4. The summed E-state index contributed by atoms with van der Waals surface area (Å²) in [5, 5.41) is 0. The molecule has 0 heterocycles. The highest BCUT2D eigenvalue weighted by atomic mass is 16.8. The second-order valence-electron chi connectivity index (χ2n) is 5.60. The van der Waals surface area contributed by atoms with Crippen LogP contribution in [0, 0.1) is 0 Å². The molecule has 0 aliphatic carbocycles. The SMILES string of the molecule is C=C(C)C(=O)OCC(COC(=O)OC(C)CC)OC(=O)OC(C)CC. The van der Waals surface area contributed by atoms with E-state index in [1.165, 1.54) is 6.92 Å². The molecule has 0 aromatic carbocycles. The average Bonchev–Trinajstić information content (AvgIpc) is 2.56. The Balaban J connectivity index is 4.60. The quantitative estimate of drug-likeness (QED) is 0.332. The lowest BCUT2D eigenvalue weighted by Gasteiger charge is -2.19. The van der Waals surface area contributed by atoms with Crippen LogP contribution in [0.25, 0.3) is 0 Å². The predicted molar refractivity (Wildman–Crippen MR) is 89.1 cm³/mol. The van der Waals surface area contributed by atoms with Crippen LogP contribution in [0.1, 0.15) is 47.5 Å². The van der Waals surface area contributed by atoms with Crippen LogP contribution in [-0.2, 0) is 28.5 Å². The van der Waals surface area contributed by atoms with Gasteiger partial charge in [-0.25, -0.2) is 14.4 Å². The number of carbonyl (C=O) groups excluding carboxylic acids is 3. The molecular formula is C17H28O8. The molecule has 3 atom stereocenters. The fourth-order valence-corrected chi connectivity index (χ4v) is 1.26. The Labute approximate surface area is 148 Å². The van der Waals surface area contributed by atoms with Crippen molar-refractivity contribution in [3.05, 3.63) is 12.2 Å². The Kier molecular flexibility index (Phi) is 11.1. The van der Waals surface area contributed by atoms with Gasteiger partial charge >= 0.3 is 18.3 Å². The maximum absolute atomic E-state index is 11.7. The van der Waals surface area contributed by atoms with Gasteiger partial charge in [-0.15, -0.1) is 0 Å². The number of rotatable bonds is 10. The van der Waals surface area contributed by atoms with Gasteiger partial charge in [0.15, 0.2) is 6.10 Å². The summed E-state index contributed by atoms with van der Waals surface area (Å²) in [6, 6.07) is 0. The third kappa shape index (κ3) is 11.0. The monoisotopic (exact) mass is 360 g/mol. The van der Waals surface area contributed by atoms with E-state index >= 15 is 0 Å². The molecule has 0 amide bonds. The van der Waals surface area contributed by atoms with E-state index in [0.717, 1.165) is 0 Å². The van der Waals surface area contributed by atoms with Crippen molar-refractivity contribution in [3.63, 3.8) is 0 Å². The Hall–Kier alpha value is -2.25. The molecule has 3 unspecified atom stereocenters. The lowest BCUT2D eigenvalue weighted by atomic mass is 10.3. The minimum atomic E-state index is -1.02. The normalized spacial score (nSPS) is 13.8. The summed E-state index contributed by atoms with van der Waals surface area (Å²) < 4.78 is 24.8. The van der Waals surface area contributed by atoms with Crippen LogP contribution >= 0.6 is 0 Å². The fourth-order valence-electron chi connectivity index (χ4n) is 1.26. The summed E-state index contributed by atoms with van der Waals surface area (Å²) in [5.41, 5.74) is 0.193. The molecule has 0 rings (SSSR count). The van der Waals surface area contributed by atoms with E-state index < -0.39 is 24.4 Å². The van der Waals surface area contributed by atoms with Crippen molar-refractivity contribution < 1.29 is 38.1 Å². The first-order valence-corrected chi connectivity index (χ1v) is 8.22. The molecule has 0 fully saturated rings. The second kappa shape index (κ2) is 12.2. The molecular weight excluding hydrogens is 332 g/mol. The summed E-state index contributed by atoms with van der Waals surface area (Å²) in [5.74, 6) is -0.647. The molecule has 0 aromatic rings. The molecule has 25 heavy (non-hydrogen) atoms. The van der Waals surface area contributed by atoms with E-state index in [2.05, 4.69) is 6.58 Å². The lowest BCUT2D eigenvalue weighted by molar-refractivity contribution is -0.143. The molecule has 8 nitrogen and oxygen atoms in total. The third-order valence-corrected chi connectivity index (χ3v) is 3.14. The van der Waals surface area contributed by atoms with E-state index in [1.54, 1.807) is 13.8 Å². The molecule has 144 valence electrons. The van der Waals surface area contributed by atoms with Crippen LogP contribution in [0.15, 0.2) is 12.2 Å². The van der Waals surface area contributed by atoms with Gasteiger partial charge in [0.2, 0.25) is 0 Å². The molecule has 0 radical (unpaired) electrons. The zero-order valence-electron chi connectivity index (χ0n) is 15.5. The standard InChI is InChI=1S/C17H28O8/c1-7-12(5)23-16(19)22-10-14(9-21-15(18)11(3)4)25-17(20)24-13(6)8-2/h12-14H,3,7-10H2,1-2,4-6H3. The van der Waals surface area contributed by atoms with Crippen LogP contribution in [-0.4, -0.2) is 49.8 Å². The van der Waals surface area contributed by atoms with Crippen molar-refractivity contribution in [2.24, 2.45) is 0 Å². The highest BCUT2D eigenvalue weighted by molar-refractivity contribution is 5.86. The number of carbonyl (C=O) groups is 3. The highest BCUT2D eigenvalue weighted by Gasteiger charge is 2.22. The van der Waals surface area contributed by atoms with Crippen LogP contribution in [0.3, 0.4) is 0 Å². The molecule has 0 aromatic heterocycles. The summed E-state index contributed by atoms with van der Waals surface area (Å²) in [6.07, 6.45) is -2.25. The summed E-state index contributed by atoms with van der Waals surface area (Å²) in [6.45, 7) is 11.4. The largest absolute Gasteiger partial charge is 0.509 e. The smallest absolute Gasteiger partial charge is 0.458 e. The van der Waals surface area contributed by atoms with Gasteiger partial charge in [0.1, 0.15) is 25.4 Å². The van der Waals surface area contributed by atoms with Crippen molar-refractivity contribution in [3.8, 4) is 0 Å². The molecule has 0 bridgehead atoms. The first-order valence-electron chi connectivity index (χ1n) is 8.22. The fraction of sp³-hybridized carbons (Fsp3) is 0.706. The second-order valence-corrected chi connectivity index (χ2v) is 5.60. The van der Waals surface area contributed by atoms with Gasteiger partial charge in [-0.2, -0.15) is 0 Å². The van der Waals surface area contributed by atoms with Crippen molar-refractivity contribution in [2.75, 3.05) is 13.2 Å². The Morgan fingerprint density at radius 3 is 1.80 bits per heavy atom. The topological polar surface area (TPSA) is 97.4 Å². The van der Waals surface area contributed by atoms with E-state index in [1.807, 2.05) is 13.8 Å². The van der Waals surface area contributed by atoms with Crippen LogP contribution < -0.4 is 0 Å². The van der Waals surface area contributed by atoms with Crippen molar-refractivity contribution in [1.82, 2.24) is 0 Å². The average molecular weight is 360 g/mol. The number of ether oxygens (including phenoxy) is 5. The number of esters is 1. The minimum absolute atomic E-state index is 0.193. The van der Waals surface area contributed by atoms with Gasteiger partial charge in [0.25, 0.3) is 0 Å². The van der Waals surface area contributed by atoms with Crippen LogP contribution in [0.4, 0.5) is 9.59 Å². The van der Waals surface area contributed by atoms with Crippen molar-refractivity contribution in [2.45, 2.75) is 65.8 Å². The Bertz CT molecular complexity index is 460. The van der Waals surface area contributed by atoms with Gasteiger partial charge in [0, 0.05) is 5.57 Å². The molecule has 0 N–H and O–H groups in total. The minimum Gasteiger partial charge on any atom is -0.458 e. The molecule has 0 aliphatic rings. The van der Waals surface area contributed by atoms with Crippen molar-refractivity contribution >= 4 is 18.3 Å². The molecule has 0 spiro atoms. The van der Waals surface area contributed by atoms with E-state index in [9.17, 15) is 14.4 Å². The highest BCUT2D eigenvalue weighted by Crippen LogP contribution is 2.06. The van der Waals surface area contributed by atoms with E-state index in [0.29, 0.717) is 12.8 Å². The van der Waals surface area contributed by atoms with Gasteiger partial charge < -0.3 is 23.7 Å². The molecule has 8 heteroatoms. The summed E-state index contributed by atoms with van der Waals surface area (Å²) in [7, 11) is 0. The first-order chi connectivity index (χ1) is 11.7. The Morgan fingerprint density at radius 1 is 0.840 bits per heavy atom. The van der Waals surface area contributed by atoms with E-state index in [-0.39, 0.29) is 31.0 Å². The number of hydrogen-bond donors (Lipinski definition) is 0. The first kappa shape index (κ1) is 22.8. The predicted octanol–water partition coefficient (Wildman–Crippen LogP) is 3.38.